The van der Waals surface area contributed by atoms with Crippen molar-refractivity contribution in [3.63, 3.8) is 0 Å². The molecule has 4 N–H and O–H groups in total. The minimum absolute atomic E-state index is 0.113. The molecule has 0 spiro atoms. The van der Waals surface area contributed by atoms with Gasteiger partial charge in [-0.25, -0.2) is 4.79 Å². The van der Waals surface area contributed by atoms with Crippen molar-refractivity contribution in [2.45, 2.75) is 64.9 Å². The van der Waals surface area contributed by atoms with Crippen molar-refractivity contribution in [2.24, 2.45) is 5.92 Å². The number of benzene rings is 1. The molecule has 4 atom stereocenters. The molecule has 0 amide bonds. The highest BCUT2D eigenvalue weighted by Crippen LogP contribution is 2.50. The summed E-state index contributed by atoms with van der Waals surface area (Å²) >= 11 is 0. The molecule has 0 radical (unpaired) electrons. The van der Waals surface area contributed by atoms with Crippen LogP contribution in [-0.4, -0.2) is 32.5 Å². The second kappa shape index (κ2) is 7.48. The predicted molar refractivity (Wildman–Crippen MR) is 96.3 cm³/mol. The third-order valence-electron chi connectivity index (χ3n) is 5.22. The zero-order valence-corrected chi connectivity index (χ0v) is 15.3. The fourth-order valence-electron chi connectivity index (χ4n) is 3.98. The minimum atomic E-state index is -1.29. The van der Waals surface area contributed by atoms with Crippen LogP contribution in [0.1, 0.15) is 80.3 Å². The summed E-state index contributed by atoms with van der Waals surface area (Å²) in [5, 5.41) is 40.4. The van der Waals surface area contributed by atoms with Crippen LogP contribution < -0.4 is 0 Å². The van der Waals surface area contributed by atoms with Crippen molar-refractivity contribution in [3.05, 3.63) is 34.4 Å². The van der Waals surface area contributed by atoms with Gasteiger partial charge in [-0.15, -0.1) is 0 Å². The van der Waals surface area contributed by atoms with E-state index >= 15 is 0 Å². The number of aromatic hydroxyl groups is 2. The average Bonchev–Trinajstić information content (AvgIpc) is 2.49. The maximum atomic E-state index is 11.4. The molecule has 1 aromatic carbocycles. The van der Waals surface area contributed by atoms with Crippen LogP contribution in [0.2, 0.25) is 0 Å². The van der Waals surface area contributed by atoms with Gasteiger partial charge in [-0.05, 0) is 56.6 Å². The van der Waals surface area contributed by atoms with Crippen molar-refractivity contribution in [1.82, 2.24) is 0 Å². The predicted octanol–water partition coefficient (Wildman–Crippen LogP) is 4.13. The highest BCUT2D eigenvalue weighted by atomic mass is 16.4. The molecule has 0 aliphatic heterocycles. The number of phenols is 2. The number of hydrogen-bond acceptors (Lipinski definition) is 4. The molecule has 0 aromatic heterocycles. The summed E-state index contributed by atoms with van der Waals surface area (Å²) in [6.45, 7) is 7.98. The number of carboxylic acid groups (broad SMARTS) is 1. The lowest BCUT2D eigenvalue weighted by Crippen LogP contribution is -2.32. The lowest BCUT2D eigenvalue weighted by atomic mass is 9.69. The molecular weight excluding hydrogens is 320 g/mol. The molecule has 1 aliphatic rings. The number of allylic oxidation sites excluding steroid dienone is 2. The molecule has 25 heavy (non-hydrogen) atoms. The van der Waals surface area contributed by atoms with Gasteiger partial charge in [0.15, 0.2) is 11.5 Å². The van der Waals surface area contributed by atoms with Crippen LogP contribution >= 0.6 is 0 Å². The Hall–Kier alpha value is -2.01. The van der Waals surface area contributed by atoms with E-state index in [-0.39, 0.29) is 29.1 Å². The molecular formula is C20H28O5. The Bertz CT molecular complexity index is 688. The summed E-state index contributed by atoms with van der Waals surface area (Å²) in [5.74, 6) is -2.55. The third kappa shape index (κ3) is 3.82. The van der Waals surface area contributed by atoms with Crippen molar-refractivity contribution in [2.75, 3.05) is 0 Å². The van der Waals surface area contributed by atoms with E-state index in [1.807, 2.05) is 27.7 Å². The van der Waals surface area contributed by atoms with Crippen molar-refractivity contribution in [3.8, 4) is 11.5 Å². The minimum Gasteiger partial charge on any atom is -0.504 e. The Morgan fingerprint density at radius 3 is 2.52 bits per heavy atom. The van der Waals surface area contributed by atoms with Gasteiger partial charge >= 0.3 is 5.97 Å². The molecule has 0 saturated heterocycles. The monoisotopic (exact) mass is 348 g/mol. The molecule has 5 nitrogen and oxygen atoms in total. The first-order chi connectivity index (χ1) is 11.6. The Morgan fingerprint density at radius 2 is 1.96 bits per heavy atom. The second-order valence-corrected chi connectivity index (χ2v) is 7.50. The van der Waals surface area contributed by atoms with Crippen LogP contribution in [0.4, 0.5) is 0 Å². The Balaban J connectivity index is 2.49. The van der Waals surface area contributed by atoms with Crippen LogP contribution in [0.15, 0.2) is 17.7 Å². The van der Waals surface area contributed by atoms with E-state index in [0.29, 0.717) is 17.5 Å². The van der Waals surface area contributed by atoms with Gasteiger partial charge in [-0.1, -0.05) is 25.5 Å². The van der Waals surface area contributed by atoms with Gasteiger partial charge in [0, 0.05) is 11.5 Å². The number of aromatic carboxylic acids is 1. The molecule has 138 valence electrons. The van der Waals surface area contributed by atoms with Crippen molar-refractivity contribution >= 4 is 5.97 Å². The standard InChI is InChI=1S/C20H28O5/c1-10(2)6-5-7-11(3)16-13-9-14(20(24)25)18(22)19(23)17(13)12(4)8-15(16)21/h6,9,11-12,15-16,21-23H,5,7-8H2,1-4H3,(H,24,25). The quantitative estimate of drug-likeness (QED) is 0.474. The first-order valence-electron chi connectivity index (χ1n) is 8.78. The molecule has 1 aromatic rings. The number of hydrogen-bond donors (Lipinski definition) is 4. The second-order valence-electron chi connectivity index (χ2n) is 7.50. The van der Waals surface area contributed by atoms with Crippen molar-refractivity contribution < 1.29 is 25.2 Å². The summed E-state index contributed by atoms with van der Waals surface area (Å²) in [4.78, 5) is 11.4. The molecule has 0 bridgehead atoms. The number of phenolic OH excluding ortho intramolecular Hbond substituents is 1. The number of rotatable bonds is 5. The van der Waals surface area contributed by atoms with Gasteiger partial charge in [0.05, 0.1) is 6.10 Å². The normalized spacial score (nSPS) is 23.6. The summed E-state index contributed by atoms with van der Waals surface area (Å²) < 4.78 is 0. The number of carbonyl (C=O) groups is 1. The topological polar surface area (TPSA) is 98.0 Å². The summed E-state index contributed by atoms with van der Waals surface area (Å²) in [6.07, 6.45) is 3.75. The number of aliphatic hydroxyl groups excluding tert-OH is 1. The lowest BCUT2D eigenvalue weighted by Gasteiger charge is -2.38. The zero-order valence-electron chi connectivity index (χ0n) is 15.3. The molecule has 0 heterocycles. The van der Waals surface area contributed by atoms with Gasteiger partial charge in [0.2, 0.25) is 0 Å². The average molecular weight is 348 g/mol. The Morgan fingerprint density at radius 1 is 1.32 bits per heavy atom. The van der Waals surface area contributed by atoms with Crippen LogP contribution in [0, 0.1) is 5.92 Å². The molecule has 0 fully saturated rings. The SMILES string of the molecule is CC(C)=CCCC(C)C1c2cc(C(=O)O)c(O)c(O)c2C(C)CC1O. The molecule has 5 heteroatoms. The fourth-order valence-corrected chi connectivity index (χ4v) is 3.98. The van der Waals surface area contributed by atoms with Crippen molar-refractivity contribution in [1.29, 1.82) is 0 Å². The van der Waals surface area contributed by atoms with E-state index in [1.54, 1.807) is 0 Å². The van der Waals surface area contributed by atoms with Gasteiger partial charge in [0.1, 0.15) is 5.56 Å². The van der Waals surface area contributed by atoms with Crippen LogP contribution in [0.25, 0.3) is 0 Å². The van der Waals surface area contributed by atoms with Crippen LogP contribution in [-0.2, 0) is 0 Å². The third-order valence-corrected chi connectivity index (χ3v) is 5.22. The van der Waals surface area contributed by atoms with Gasteiger partial charge < -0.3 is 20.4 Å². The maximum Gasteiger partial charge on any atom is 0.339 e. The van der Waals surface area contributed by atoms with E-state index in [4.69, 9.17) is 0 Å². The van der Waals surface area contributed by atoms with Crippen LogP contribution in [0.5, 0.6) is 11.5 Å². The number of aliphatic hydroxyl groups is 1. The Labute approximate surface area is 148 Å². The smallest absolute Gasteiger partial charge is 0.339 e. The summed E-state index contributed by atoms with van der Waals surface area (Å²) in [5.41, 5.74) is 2.12. The van der Waals surface area contributed by atoms with E-state index in [2.05, 4.69) is 6.08 Å². The summed E-state index contributed by atoms with van der Waals surface area (Å²) in [7, 11) is 0. The van der Waals surface area contributed by atoms with E-state index in [9.17, 15) is 25.2 Å². The number of carboxylic acids is 1. The fraction of sp³-hybridized carbons (Fsp3) is 0.550. The first kappa shape index (κ1) is 19.3. The summed E-state index contributed by atoms with van der Waals surface area (Å²) in [6, 6.07) is 1.42. The van der Waals surface area contributed by atoms with E-state index < -0.39 is 17.8 Å². The number of fused-ring (bicyclic) bond motifs is 1. The highest BCUT2D eigenvalue weighted by molar-refractivity contribution is 5.92. The largest absolute Gasteiger partial charge is 0.504 e. The van der Waals surface area contributed by atoms with E-state index in [1.165, 1.54) is 11.6 Å². The van der Waals surface area contributed by atoms with E-state index in [0.717, 1.165) is 12.8 Å². The zero-order chi connectivity index (χ0) is 18.9. The van der Waals surface area contributed by atoms with Gasteiger partial charge in [0.25, 0.3) is 0 Å². The Kier molecular flexibility index (Phi) is 5.78. The first-order valence-corrected chi connectivity index (χ1v) is 8.78. The van der Waals surface area contributed by atoms with Crippen LogP contribution in [0.3, 0.4) is 0 Å². The molecule has 4 unspecified atom stereocenters. The highest BCUT2D eigenvalue weighted by Gasteiger charge is 2.38. The molecule has 0 saturated carbocycles. The van der Waals surface area contributed by atoms with Gasteiger partial charge in [-0.3, -0.25) is 0 Å². The molecule has 2 rings (SSSR count). The lowest BCUT2D eigenvalue weighted by molar-refractivity contribution is 0.0688. The van der Waals surface area contributed by atoms with Gasteiger partial charge in [-0.2, -0.15) is 0 Å². The molecule has 1 aliphatic carbocycles. The maximum absolute atomic E-state index is 11.4.